The number of fused-ring (bicyclic) bond motifs is 1. The van der Waals surface area contributed by atoms with Crippen LogP contribution in [0.4, 0.5) is 11.4 Å². The van der Waals surface area contributed by atoms with Crippen molar-refractivity contribution in [1.82, 2.24) is 4.90 Å². The van der Waals surface area contributed by atoms with Crippen molar-refractivity contribution in [2.24, 2.45) is 0 Å². The van der Waals surface area contributed by atoms with Gasteiger partial charge in [-0.25, -0.2) is 0 Å². The first-order valence-corrected chi connectivity index (χ1v) is 9.09. The van der Waals surface area contributed by atoms with Crippen LogP contribution >= 0.6 is 11.8 Å². The van der Waals surface area contributed by atoms with Crippen LogP contribution in [0.2, 0.25) is 0 Å². The number of benzene rings is 1. The molecule has 1 atom stereocenters. The number of amides is 1. The highest BCUT2D eigenvalue weighted by Gasteiger charge is 2.26. The lowest BCUT2D eigenvalue weighted by atomic mass is 10.2. The van der Waals surface area contributed by atoms with Gasteiger partial charge in [-0.1, -0.05) is 30.5 Å². The number of hydrogen-bond donors (Lipinski definition) is 0. The second-order valence-electron chi connectivity index (χ2n) is 6.52. The van der Waals surface area contributed by atoms with Gasteiger partial charge >= 0.3 is 0 Å². The van der Waals surface area contributed by atoms with Crippen molar-refractivity contribution in [3.8, 4) is 0 Å². The molecular weight excluding hydrogens is 330 g/mol. The van der Waals surface area contributed by atoms with Gasteiger partial charge in [-0.3, -0.25) is 9.69 Å². The Morgan fingerprint density at radius 3 is 2.48 bits per heavy atom. The average Bonchev–Trinajstić information content (AvgIpc) is 2.57. The first kappa shape index (κ1) is 19.3. The molecule has 0 saturated heterocycles. The van der Waals surface area contributed by atoms with Crippen LogP contribution in [0.5, 0.6) is 0 Å². The minimum Gasteiger partial charge on any atom is -0.378 e. The molecule has 0 saturated carbocycles. The molecule has 4 nitrogen and oxygen atoms in total. The maximum atomic E-state index is 12.4. The molecule has 0 aromatic heterocycles. The van der Waals surface area contributed by atoms with Gasteiger partial charge in [0.15, 0.2) is 0 Å². The smallest absolute Gasteiger partial charge is 0.228 e. The standard InChI is InChI=1S/C20H27N3OS/c1-8-19-17(11-9-14(2)21(4)5)23(15(3)24)18-12-10-16(22(6)7)13-20(18)25-19/h8-14H,1H2,2-7H3/b11-9-. The largest absolute Gasteiger partial charge is 0.378 e. The highest BCUT2D eigenvalue weighted by atomic mass is 32.2. The first-order valence-electron chi connectivity index (χ1n) is 8.27. The van der Waals surface area contributed by atoms with Crippen LogP contribution in [0.25, 0.3) is 0 Å². The van der Waals surface area contributed by atoms with Gasteiger partial charge in [0, 0.05) is 42.5 Å². The molecule has 1 unspecified atom stereocenters. The zero-order chi connectivity index (χ0) is 18.7. The summed E-state index contributed by atoms with van der Waals surface area (Å²) in [5.74, 6) is -0.00402. The van der Waals surface area contributed by atoms with Crippen molar-refractivity contribution in [3.05, 3.63) is 53.6 Å². The molecule has 0 radical (unpaired) electrons. The fourth-order valence-electron chi connectivity index (χ4n) is 2.50. The van der Waals surface area contributed by atoms with E-state index in [0.717, 1.165) is 26.9 Å². The van der Waals surface area contributed by atoms with Gasteiger partial charge in [-0.05, 0) is 45.3 Å². The molecule has 0 spiro atoms. The Labute approximate surface area is 155 Å². The molecule has 5 heteroatoms. The average molecular weight is 358 g/mol. The van der Waals surface area contributed by atoms with E-state index in [2.05, 4.69) is 35.4 Å². The molecule has 1 aromatic rings. The van der Waals surface area contributed by atoms with Crippen LogP contribution in [0.15, 0.2) is 58.5 Å². The molecule has 1 heterocycles. The minimum absolute atomic E-state index is 0.00402. The zero-order valence-corrected chi connectivity index (χ0v) is 16.7. The number of likely N-dealkylation sites (N-methyl/N-ethyl adjacent to an activating group) is 1. The van der Waals surface area contributed by atoms with Gasteiger partial charge in [0.1, 0.15) is 0 Å². The van der Waals surface area contributed by atoms with Crippen molar-refractivity contribution < 1.29 is 4.79 Å². The van der Waals surface area contributed by atoms with Gasteiger partial charge in [0.05, 0.1) is 11.4 Å². The number of rotatable bonds is 5. The number of nitrogens with zero attached hydrogens (tertiary/aromatic N) is 3. The van der Waals surface area contributed by atoms with E-state index >= 15 is 0 Å². The van der Waals surface area contributed by atoms with E-state index in [0.29, 0.717) is 0 Å². The van der Waals surface area contributed by atoms with Crippen molar-refractivity contribution in [2.75, 3.05) is 38.0 Å². The topological polar surface area (TPSA) is 26.8 Å². The maximum absolute atomic E-state index is 12.4. The Kier molecular flexibility index (Phi) is 6.14. The summed E-state index contributed by atoms with van der Waals surface area (Å²) < 4.78 is 0. The van der Waals surface area contributed by atoms with Gasteiger partial charge in [0.25, 0.3) is 0 Å². The van der Waals surface area contributed by atoms with Crippen molar-refractivity contribution in [1.29, 1.82) is 0 Å². The second-order valence-corrected chi connectivity index (χ2v) is 7.60. The number of carbonyl (C=O) groups is 1. The zero-order valence-electron chi connectivity index (χ0n) is 15.9. The highest BCUT2D eigenvalue weighted by molar-refractivity contribution is 8.03. The minimum atomic E-state index is -0.00402. The van der Waals surface area contributed by atoms with Gasteiger partial charge in [-0.15, -0.1) is 0 Å². The summed E-state index contributed by atoms with van der Waals surface area (Å²) in [6, 6.07) is 6.44. The highest BCUT2D eigenvalue weighted by Crippen LogP contribution is 2.45. The van der Waals surface area contributed by atoms with E-state index in [9.17, 15) is 4.79 Å². The van der Waals surface area contributed by atoms with E-state index < -0.39 is 0 Å². The first-order chi connectivity index (χ1) is 11.8. The van der Waals surface area contributed by atoms with Crippen molar-refractivity contribution >= 4 is 29.0 Å². The number of hydrogen-bond acceptors (Lipinski definition) is 4. The predicted molar refractivity (Wildman–Crippen MR) is 109 cm³/mol. The van der Waals surface area contributed by atoms with Crippen LogP contribution in [-0.4, -0.2) is 45.0 Å². The molecule has 1 aliphatic rings. The molecular formula is C20H27N3OS. The molecule has 2 rings (SSSR count). The molecule has 0 bridgehead atoms. The number of allylic oxidation sites excluding steroid dienone is 2. The number of anilines is 2. The van der Waals surface area contributed by atoms with E-state index in [-0.39, 0.29) is 11.9 Å². The van der Waals surface area contributed by atoms with Crippen LogP contribution < -0.4 is 9.80 Å². The normalized spacial score (nSPS) is 15.6. The molecule has 134 valence electrons. The lowest BCUT2D eigenvalue weighted by molar-refractivity contribution is -0.116. The van der Waals surface area contributed by atoms with E-state index in [1.165, 1.54) is 0 Å². The quantitative estimate of drug-likeness (QED) is 0.792. The third kappa shape index (κ3) is 4.17. The molecule has 0 fully saturated rings. The van der Waals surface area contributed by atoms with E-state index in [1.54, 1.807) is 23.6 Å². The maximum Gasteiger partial charge on any atom is 0.228 e. The van der Waals surface area contributed by atoms with Crippen LogP contribution in [0.1, 0.15) is 13.8 Å². The summed E-state index contributed by atoms with van der Waals surface area (Å²) in [7, 11) is 8.10. The van der Waals surface area contributed by atoms with Crippen LogP contribution in [0.3, 0.4) is 0 Å². The van der Waals surface area contributed by atoms with E-state index in [4.69, 9.17) is 0 Å². The Bertz CT molecular complexity index is 734. The lowest BCUT2D eigenvalue weighted by Crippen LogP contribution is -2.30. The molecule has 1 aromatic carbocycles. The third-order valence-electron chi connectivity index (χ3n) is 4.26. The summed E-state index contributed by atoms with van der Waals surface area (Å²) >= 11 is 1.65. The number of carbonyl (C=O) groups excluding carboxylic acids is 1. The fraction of sp³-hybridized carbons (Fsp3) is 0.350. The molecule has 1 amide bonds. The Morgan fingerprint density at radius 2 is 1.96 bits per heavy atom. The summed E-state index contributed by atoms with van der Waals surface area (Å²) in [5.41, 5.74) is 2.91. The molecule has 0 aliphatic carbocycles. The van der Waals surface area contributed by atoms with Gasteiger partial charge in [-0.2, -0.15) is 0 Å². The molecule has 1 aliphatic heterocycles. The SMILES string of the molecule is C=CC1=C(/C=C\C(C)N(C)C)N(C(C)=O)c2ccc(N(C)C)cc2S1. The fourth-order valence-corrected chi connectivity index (χ4v) is 3.53. The Morgan fingerprint density at radius 1 is 1.28 bits per heavy atom. The van der Waals surface area contributed by atoms with E-state index in [1.807, 2.05) is 52.5 Å². The summed E-state index contributed by atoms with van der Waals surface area (Å²) in [6.07, 6.45) is 5.96. The Hall–Kier alpha value is -1.98. The molecule has 25 heavy (non-hydrogen) atoms. The summed E-state index contributed by atoms with van der Waals surface area (Å²) in [5, 5.41) is 0. The van der Waals surface area contributed by atoms with Gasteiger partial charge < -0.3 is 9.80 Å². The van der Waals surface area contributed by atoms with Crippen LogP contribution in [-0.2, 0) is 4.79 Å². The van der Waals surface area contributed by atoms with Gasteiger partial charge in [0.2, 0.25) is 5.91 Å². The van der Waals surface area contributed by atoms with Crippen molar-refractivity contribution in [3.63, 3.8) is 0 Å². The second kappa shape index (κ2) is 7.93. The summed E-state index contributed by atoms with van der Waals surface area (Å²) in [6.45, 7) is 7.67. The Balaban J connectivity index is 2.53. The summed E-state index contributed by atoms with van der Waals surface area (Å²) in [4.78, 5) is 20.4. The molecule has 0 N–H and O–H groups in total. The predicted octanol–water partition coefficient (Wildman–Crippen LogP) is 4.12. The number of thioether (sulfide) groups is 1. The third-order valence-corrected chi connectivity index (χ3v) is 5.40. The van der Waals surface area contributed by atoms with Crippen molar-refractivity contribution in [2.45, 2.75) is 24.8 Å². The lowest BCUT2D eigenvalue weighted by Gasteiger charge is -2.31. The van der Waals surface area contributed by atoms with Crippen LogP contribution in [0, 0.1) is 0 Å². The monoisotopic (exact) mass is 357 g/mol.